The number of benzene rings is 1. The van der Waals surface area contributed by atoms with Crippen molar-refractivity contribution in [2.45, 2.75) is 40.2 Å². The van der Waals surface area contributed by atoms with Gasteiger partial charge in [-0.15, -0.1) is 0 Å². The molecule has 1 unspecified atom stereocenters. The maximum Gasteiger partial charge on any atom is 0.251 e. The highest BCUT2D eigenvalue weighted by atomic mass is 16.5. The Morgan fingerprint density at radius 2 is 1.77 bits per heavy atom. The Bertz CT molecular complexity index is 532. The molecule has 1 aromatic rings. The average Bonchev–Trinajstić information content (AvgIpc) is 2.64. The molecule has 1 aromatic carbocycles. The quantitative estimate of drug-likeness (QED) is 0.321. The number of carbonyl (C=O) groups is 1. The molecule has 0 aromatic heterocycles. The molecule has 6 heteroatoms. The van der Waals surface area contributed by atoms with Crippen molar-refractivity contribution in [3.8, 4) is 0 Å². The molecule has 0 radical (unpaired) electrons. The Kier molecular flexibility index (Phi) is 11.1. The van der Waals surface area contributed by atoms with Crippen LogP contribution in [-0.4, -0.2) is 50.8 Å². The fourth-order valence-electron chi connectivity index (χ4n) is 2.52. The zero-order chi connectivity index (χ0) is 19.2. The van der Waals surface area contributed by atoms with Gasteiger partial charge in [0.25, 0.3) is 5.91 Å². The highest BCUT2D eigenvalue weighted by molar-refractivity contribution is 5.94. The van der Waals surface area contributed by atoms with E-state index >= 15 is 0 Å². The number of nitrogens with zero attached hydrogens (tertiary/aromatic N) is 1. The third-order valence-corrected chi connectivity index (χ3v) is 3.89. The van der Waals surface area contributed by atoms with Crippen molar-refractivity contribution in [3.05, 3.63) is 35.9 Å². The minimum atomic E-state index is -0.0640. The van der Waals surface area contributed by atoms with Gasteiger partial charge in [-0.2, -0.15) is 0 Å². The van der Waals surface area contributed by atoms with E-state index in [2.05, 4.69) is 34.8 Å². The summed E-state index contributed by atoms with van der Waals surface area (Å²) in [5.74, 6) is 1.18. The number of rotatable bonds is 11. The zero-order valence-corrected chi connectivity index (χ0v) is 16.5. The number of hydrogen-bond donors (Lipinski definition) is 3. The van der Waals surface area contributed by atoms with E-state index in [9.17, 15) is 4.79 Å². The van der Waals surface area contributed by atoms with E-state index in [1.807, 2.05) is 32.0 Å². The lowest BCUT2D eigenvalue weighted by atomic mass is 10.0. The van der Waals surface area contributed by atoms with Crippen LogP contribution in [0.5, 0.6) is 0 Å². The number of carbonyl (C=O) groups excluding carboxylic acids is 1. The number of amides is 1. The normalized spacial score (nSPS) is 12.7. The number of nitrogens with one attached hydrogen (secondary N) is 3. The lowest BCUT2D eigenvalue weighted by Gasteiger charge is -2.20. The smallest absolute Gasteiger partial charge is 0.251 e. The van der Waals surface area contributed by atoms with Crippen LogP contribution in [0.15, 0.2) is 35.3 Å². The molecule has 0 saturated heterocycles. The average molecular weight is 363 g/mol. The van der Waals surface area contributed by atoms with Gasteiger partial charge < -0.3 is 20.7 Å². The van der Waals surface area contributed by atoms with Gasteiger partial charge in [0, 0.05) is 38.3 Å². The summed E-state index contributed by atoms with van der Waals surface area (Å²) in [7, 11) is 0. The molecular formula is C20H34N4O2. The Morgan fingerprint density at radius 1 is 1.08 bits per heavy atom. The summed E-state index contributed by atoms with van der Waals surface area (Å²) in [4.78, 5) is 16.6. The van der Waals surface area contributed by atoms with E-state index in [1.54, 1.807) is 12.1 Å². The molecule has 146 valence electrons. The van der Waals surface area contributed by atoms with Gasteiger partial charge in [0.1, 0.15) is 0 Å². The fourth-order valence-corrected chi connectivity index (χ4v) is 2.52. The van der Waals surface area contributed by atoms with Gasteiger partial charge in [-0.25, -0.2) is 0 Å². The molecule has 26 heavy (non-hydrogen) atoms. The van der Waals surface area contributed by atoms with Crippen LogP contribution in [0.25, 0.3) is 0 Å². The molecule has 1 atom stereocenters. The highest BCUT2D eigenvalue weighted by Gasteiger charge is 2.12. The maximum absolute atomic E-state index is 12.0. The lowest BCUT2D eigenvalue weighted by molar-refractivity contribution is 0.0266. The molecular weight excluding hydrogens is 328 g/mol. The fraction of sp³-hybridized carbons (Fsp3) is 0.600. The van der Waals surface area contributed by atoms with Gasteiger partial charge in [-0.1, -0.05) is 32.0 Å². The summed E-state index contributed by atoms with van der Waals surface area (Å²) in [5, 5.41) is 9.37. The Balaban J connectivity index is 2.36. The molecule has 0 heterocycles. The van der Waals surface area contributed by atoms with Crippen LogP contribution in [0.4, 0.5) is 0 Å². The summed E-state index contributed by atoms with van der Waals surface area (Å²) < 4.78 is 5.75. The number of hydrogen-bond acceptors (Lipinski definition) is 3. The molecule has 0 saturated carbocycles. The van der Waals surface area contributed by atoms with E-state index in [4.69, 9.17) is 4.74 Å². The van der Waals surface area contributed by atoms with Crippen LogP contribution in [0.1, 0.15) is 44.5 Å². The second-order valence-electron chi connectivity index (χ2n) is 6.34. The number of ether oxygens (including phenoxy) is 1. The zero-order valence-electron chi connectivity index (χ0n) is 16.5. The number of guanidine groups is 1. The van der Waals surface area contributed by atoms with Crippen molar-refractivity contribution in [1.29, 1.82) is 0 Å². The molecule has 0 spiro atoms. The molecule has 0 bridgehead atoms. The van der Waals surface area contributed by atoms with Crippen LogP contribution < -0.4 is 16.0 Å². The summed E-state index contributed by atoms with van der Waals surface area (Å²) in [6, 6.07) is 9.22. The predicted octanol–water partition coefficient (Wildman–Crippen LogP) is 2.42. The lowest BCUT2D eigenvalue weighted by Crippen LogP contribution is -2.41. The van der Waals surface area contributed by atoms with Crippen molar-refractivity contribution in [2.24, 2.45) is 10.9 Å². The molecule has 1 amide bonds. The maximum atomic E-state index is 12.0. The van der Waals surface area contributed by atoms with Crippen molar-refractivity contribution in [2.75, 3.05) is 32.8 Å². The van der Waals surface area contributed by atoms with Crippen molar-refractivity contribution >= 4 is 11.9 Å². The van der Waals surface area contributed by atoms with Gasteiger partial charge in [0.05, 0.1) is 6.10 Å². The second kappa shape index (κ2) is 13.2. The first-order valence-corrected chi connectivity index (χ1v) is 9.55. The van der Waals surface area contributed by atoms with Gasteiger partial charge in [0.15, 0.2) is 5.96 Å². The van der Waals surface area contributed by atoms with Crippen LogP contribution in [0, 0.1) is 5.92 Å². The molecule has 0 aliphatic heterocycles. The van der Waals surface area contributed by atoms with Gasteiger partial charge in [0.2, 0.25) is 0 Å². The third kappa shape index (κ3) is 8.85. The third-order valence-electron chi connectivity index (χ3n) is 3.89. The van der Waals surface area contributed by atoms with Crippen molar-refractivity contribution < 1.29 is 9.53 Å². The van der Waals surface area contributed by atoms with Gasteiger partial charge in [-0.3, -0.25) is 9.79 Å². The van der Waals surface area contributed by atoms with Gasteiger partial charge in [-0.05, 0) is 38.3 Å². The molecule has 0 aliphatic carbocycles. The van der Waals surface area contributed by atoms with Gasteiger partial charge >= 0.3 is 0 Å². The summed E-state index contributed by atoms with van der Waals surface area (Å²) in [5.41, 5.74) is 0.670. The van der Waals surface area contributed by atoms with Crippen LogP contribution in [0.2, 0.25) is 0 Å². The minimum Gasteiger partial charge on any atom is -0.378 e. The minimum absolute atomic E-state index is 0.0640. The first-order chi connectivity index (χ1) is 12.6. The van der Waals surface area contributed by atoms with Crippen LogP contribution in [0.3, 0.4) is 0 Å². The molecule has 0 aliphatic rings. The molecule has 3 N–H and O–H groups in total. The largest absolute Gasteiger partial charge is 0.378 e. The standard InChI is InChI=1S/C20H34N4O2/c1-5-21-20(23-13-12-18(16(3)4)26-6-2)24-15-14-22-19(25)17-10-8-7-9-11-17/h7-11,16,18H,5-6,12-15H2,1-4H3,(H,22,25)(H2,21,23,24). The van der Waals surface area contributed by atoms with Crippen molar-refractivity contribution in [3.63, 3.8) is 0 Å². The molecule has 0 fully saturated rings. The Hall–Kier alpha value is -2.08. The molecule has 6 nitrogen and oxygen atoms in total. The monoisotopic (exact) mass is 362 g/mol. The highest BCUT2D eigenvalue weighted by Crippen LogP contribution is 2.10. The number of aliphatic imine (C=N–C) groups is 1. The van der Waals surface area contributed by atoms with E-state index in [0.717, 1.165) is 25.5 Å². The van der Waals surface area contributed by atoms with E-state index in [0.29, 0.717) is 31.1 Å². The second-order valence-corrected chi connectivity index (χ2v) is 6.34. The summed E-state index contributed by atoms with van der Waals surface area (Å²) >= 11 is 0. The summed E-state index contributed by atoms with van der Waals surface area (Å²) in [6.07, 6.45) is 1.13. The van der Waals surface area contributed by atoms with Crippen molar-refractivity contribution in [1.82, 2.24) is 16.0 Å². The summed E-state index contributed by atoms with van der Waals surface area (Å²) in [6.45, 7) is 11.8. The first kappa shape index (κ1) is 22.0. The first-order valence-electron chi connectivity index (χ1n) is 9.55. The topological polar surface area (TPSA) is 74.8 Å². The van der Waals surface area contributed by atoms with E-state index in [-0.39, 0.29) is 12.0 Å². The Labute approximate surface area is 157 Å². The van der Waals surface area contributed by atoms with E-state index in [1.165, 1.54) is 0 Å². The SMILES string of the molecule is CCNC(=NCCC(OCC)C(C)C)NCCNC(=O)c1ccccc1. The Morgan fingerprint density at radius 3 is 2.38 bits per heavy atom. The van der Waals surface area contributed by atoms with Crippen LogP contribution in [-0.2, 0) is 4.74 Å². The van der Waals surface area contributed by atoms with Crippen LogP contribution >= 0.6 is 0 Å². The molecule has 1 rings (SSSR count). The van der Waals surface area contributed by atoms with E-state index < -0.39 is 0 Å². The predicted molar refractivity (Wildman–Crippen MR) is 108 cm³/mol.